The van der Waals surface area contributed by atoms with Crippen LogP contribution >= 0.6 is 0 Å². The van der Waals surface area contributed by atoms with E-state index in [2.05, 4.69) is 10.1 Å². The lowest BCUT2D eigenvalue weighted by Gasteiger charge is -2.17. The maximum atomic E-state index is 11.9. The number of benzene rings is 1. The molecule has 3 nitrogen and oxygen atoms in total. The van der Waals surface area contributed by atoms with Crippen LogP contribution < -0.4 is 10.1 Å². The summed E-state index contributed by atoms with van der Waals surface area (Å²) < 4.78 is 45.4. The van der Waals surface area contributed by atoms with Crippen LogP contribution in [0.1, 0.15) is 24.1 Å². The maximum Gasteiger partial charge on any atom is 0.411 e. The maximum absolute atomic E-state index is 11.9. The molecule has 0 radical (unpaired) electrons. The summed E-state index contributed by atoms with van der Waals surface area (Å²) in [6, 6.07) is 5.54. The topological polar surface area (TPSA) is 30.5 Å². The van der Waals surface area contributed by atoms with Crippen molar-refractivity contribution in [3.8, 4) is 5.75 Å². The minimum atomic E-state index is -4.34. The second kappa shape index (κ2) is 6.77. The van der Waals surface area contributed by atoms with Gasteiger partial charge in [0.2, 0.25) is 0 Å². The molecule has 0 amide bonds. The summed E-state index contributed by atoms with van der Waals surface area (Å²) in [4.78, 5) is 0. The summed E-state index contributed by atoms with van der Waals surface area (Å²) in [6.07, 6.45) is -4.34. The molecule has 0 heterocycles. The summed E-state index contributed by atoms with van der Waals surface area (Å²) in [7, 11) is 1.80. The number of hydrogen-bond donors (Lipinski definition) is 1. The van der Waals surface area contributed by atoms with Crippen LogP contribution in [0, 0.1) is 6.92 Å². The molecule has 0 saturated carbocycles. The van der Waals surface area contributed by atoms with E-state index in [9.17, 15) is 13.2 Å². The lowest BCUT2D eigenvalue weighted by molar-refractivity contribution is -0.186. The summed E-state index contributed by atoms with van der Waals surface area (Å²) in [5.74, 6) is 0.523. The Morgan fingerprint density at radius 1 is 1.32 bits per heavy atom. The highest BCUT2D eigenvalue weighted by Crippen LogP contribution is 2.26. The first-order chi connectivity index (χ1) is 8.83. The van der Waals surface area contributed by atoms with Gasteiger partial charge in [0.25, 0.3) is 0 Å². The first-order valence-corrected chi connectivity index (χ1v) is 5.88. The summed E-state index contributed by atoms with van der Waals surface area (Å²) in [6.45, 7) is 2.15. The number of ether oxygens (including phenoxy) is 2. The van der Waals surface area contributed by atoms with Gasteiger partial charge in [0.05, 0.1) is 0 Å². The first-order valence-electron chi connectivity index (χ1n) is 5.88. The molecule has 0 fully saturated rings. The van der Waals surface area contributed by atoms with Gasteiger partial charge in [0.15, 0.2) is 6.79 Å². The number of alkyl halides is 3. The third-order valence-electron chi connectivity index (χ3n) is 2.63. The highest BCUT2D eigenvalue weighted by atomic mass is 19.4. The minimum Gasteiger partial charge on any atom is -0.467 e. The van der Waals surface area contributed by atoms with Crippen molar-refractivity contribution in [1.82, 2.24) is 5.32 Å². The fourth-order valence-electron chi connectivity index (χ4n) is 1.56. The van der Waals surface area contributed by atoms with Gasteiger partial charge in [-0.2, -0.15) is 13.2 Å². The van der Waals surface area contributed by atoms with Crippen molar-refractivity contribution in [2.75, 3.05) is 20.4 Å². The lowest BCUT2D eigenvalue weighted by Crippen LogP contribution is -2.20. The van der Waals surface area contributed by atoms with Crippen LogP contribution in [0.2, 0.25) is 0 Å². The average molecular weight is 277 g/mol. The Morgan fingerprint density at radius 2 is 2.00 bits per heavy atom. The van der Waals surface area contributed by atoms with Crippen molar-refractivity contribution in [2.45, 2.75) is 26.1 Å². The van der Waals surface area contributed by atoms with Crippen LogP contribution in [0.4, 0.5) is 13.2 Å². The van der Waals surface area contributed by atoms with Gasteiger partial charge in [-0.05, 0) is 27.0 Å². The standard InChI is InChI=1S/C13H18F3NO2/c1-9-4-5-12(11(6-9)10(2)17-3)19-8-18-7-13(14,15)16/h4-6,10,17H,7-8H2,1-3H3. The number of halogens is 3. The highest BCUT2D eigenvalue weighted by molar-refractivity contribution is 5.38. The molecule has 108 valence electrons. The van der Waals surface area contributed by atoms with Gasteiger partial charge in [0.1, 0.15) is 12.4 Å². The zero-order valence-corrected chi connectivity index (χ0v) is 11.2. The molecule has 0 saturated heterocycles. The number of rotatable bonds is 6. The Balaban J connectivity index is 2.62. The SMILES string of the molecule is CNC(C)c1cc(C)ccc1OCOCC(F)(F)F. The molecule has 1 aromatic rings. The van der Waals surface area contributed by atoms with E-state index in [1.165, 1.54) is 0 Å². The Hall–Kier alpha value is -1.27. The predicted octanol–water partition coefficient (Wildman–Crippen LogP) is 3.19. The number of aryl methyl sites for hydroxylation is 1. The van der Waals surface area contributed by atoms with Gasteiger partial charge in [-0.1, -0.05) is 17.7 Å². The quantitative estimate of drug-likeness (QED) is 0.640. The van der Waals surface area contributed by atoms with Crippen molar-refractivity contribution in [2.24, 2.45) is 0 Å². The molecule has 0 aliphatic carbocycles. The van der Waals surface area contributed by atoms with Gasteiger partial charge >= 0.3 is 6.18 Å². The smallest absolute Gasteiger partial charge is 0.411 e. The van der Waals surface area contributed by atoms with E-state index in [0.717, 1.165) is 11.1 Å². The number of nitrogens with one attached hydrogen (secondary N) is 1. The summed E-state index contributed by atoms with van der Waals surface area (Å²) in [5, 5.41) is 3.06. The largest absolute Gasteiger partial charge is 0.467 e. The van der Waals surface area contributed by atoms with Gasteiger partial charge in [0, 0.05) is 11.6 Å². The monoisotopic (exact) mass is 277 g/mol. The Labute approximate surface area is 110 Å². The molecule has 6 heteroatoms. The van der Waals surface area contributed by atoms with Crippen molar-refractivity contribution >= 4 is 0 Å². The van der Waals surface area contributed by atoms with E-state index in [0.29, 0.717) is 5.75 Å². The highest BCUT2D eigenvalue weighted by Gasteiger charge is 2.27. The van der Waals surface area contributed by atoms with Crippen LogP contribution in [0.25, 0.3) is 0 Å². The van der Waals surface area contributed by atoms with E-state index in [-0.39, 0.29) is 6.04 Å². The van der Waals surface area contributed by atoms with Gasteiger partial charge in [-0.3, -0.25) is 0 Å². The molecule has 0 aromatic heterocycles. The second-order valence-corrected chi connectivity index (χ2v) is 4.28. The minimum absolute atomic E-state index is 0.0394. The third-order valence-corrected chi connectivity index (χ3v) is 2.63. The second-order valence-electron chi connectivity index (χ2n) is 4.28. The molecular formula is C13H18F3NO2. The molecule has 0 spiro atoms. The fraction of sp³-hybridized carbons (Fsp3) is 0.538. The fourth-order valence-corrected chi connectivity index (χ4v) is 1.56. The van der Waals surface area contributed by atoms with Gasteiger partial charge in [-0.15, -0.1) is 0 Å². The summed E-state index contributed by atoms with van der Waals surface area (Å²) >= 11 is 0. The van der Waals surface area contributed by atoms with E-state index in [4.69, 9.17) is 4.74 Å². The Morgan fingerprint density at radius 3 is 2.58 bits per heavy atom. The van der Waals surface area contributed by atoms with Crippen LogP contribution in [0.15, 0.2) is 18.2 Å². The Kier molecular flexibility index (Phi) is 5.62. The molecule has 0 aliphatic rings. The van der Waals surface area contributed by atoms with Gasteiger partial charge < -0.3 is 14.8 Å². The predicted molar refractivity (Wildman–Crippen MR) is 66.2 cm³/mol. The van der Waals surface area contributed by atoms with Crippen LogP contribution in [0.5, 0.6) is 5.75 Å². The lowest BCUT2D eigenvalue weighted by atomic mass is 10.0. The van der Waals surface area contributed by atoms with E-state index >= 15 is 0 Å². The van der Waals surface area contributed by atoms with E-state index in [1.807, 2.05) is 26.0 Å². The zero-order chi connectivity index (χ0) is 14.5. The van der Waals surface area contributed by atoms with E-state index in [1.54, 1.807) is 13.1 Å². The molecule has 1 atom stereocenters. The van der Waals surface area contributed by atoms with Crippen molar-refractivity contribution < 1.29 is 22.6 Å². The third kappa shape index (κ3) is 5.48. The molecule has 1 aromatic carbocycles. The molecule has 0 bridgehead atoms. The number of hydrogen-bond acceptors (Lipinski definition) is 3. The van der Waals surface area contributed by atoms with E-state index < -0.39 is 19.6 Å². The normalized spacial score (nSPS) is 13.4. The van der Waals surface area contributed by atoms with Crippen molar-refractivity contribution in [3.05, 3.63) is 29.3 Å². The molecule has 1 N–H and O–H groups in total. The molecule has 0 aliphatic heterocycles. The molecular weight excluding hydrogens is 259 g/mol. The zero-order valence-electron chi connectivity index (χ0n) is 11.2. The summed E-state index contributed by atoms with van der Waals surface area (Å²) in [5.41, 5.74) is 1.94. The van der Waals surface area contributed by atoms with Crippen LogP contribution in [-0.4, -0.2) is 26.6 Å². The molecule has 1 unspecified atom stereocenters. The molecule has 19 heavy (non-hydrogen) atoms. The van der Waals surface area contributed by atoms with Crippen LogP contribution in [0.3, 0.4) is 0 Å². The first kappa shape index (κ1) is 15.8. The average Bonchev–Trinajstić information content (AvgIpc) is 2.33. The molecule has 1 rings (SSSR count). The van der Waals surface area contributed by atoms with Crippen molar-refractivity contribution in [1.29, 1.82) is 0 Å². The Bertz CT molecular complexity index is 407. The van der Waals surface area contributed by atoms with Crippen molar-refractivity contribution in [3.63, 3.8) is 0 Å². The van der Waals surface area contributed by atoms with Crippen LogP contribution in [-0.2, 0) is 4.74 Å². The van der Waals surface area contributed by atoms with Gasteiger partial charge in [-0.25, -0.2) is 0 Å².